The lowest BCUT2D eigenvalue weighted by atomic mass is 10.0. The summed E-state index contributed by atoms with van der Waals surface area (Å²) < 4.78 is 0. The number of nitrogens with one attached hydrogen (secondary N) is 1. The van der Waals surface area contributed by atoms with Crippen molar-refractivity contribution in [2.24, 2.45) is 0 Å². The van der Waals surface area contributed by atoms with Gasteiger partial charge in [0.1, 0.15) is 17.9 Å². The molecule has 1 rings (SSSR count). The molecule has 0 spiro atoms. The second-order valence-electron chi connectivity index (χ2n) is 4.12. The molecule has 1 heterocycles. The number of carbonyl (C=O) groups is 1. The number of aliphatic hydroxyl groups is 3. The van der Waals surface area contributed by atoms with Crippen molar-refractivity contribution in [3.05, 3.63) is 0 Å². The van der Waals surface area contributed by atoms with Gasteiger partial charge in [-0.25, -0.2) is 0 Å². The molecule has 0 aromatic heterocycles. The summed E-state index contributed by atoms with van der Waals surface area (Å²) in [7, 11) is 1.64. The van der Waals surface area contributed by atoms with E-state index >= 15 is 0 Å². The number of aliphatic hydroxyl groups excluding tert-OH is 3. The van der Waals surface area contributed by atoms with Crippen LogP contribution in [0, 0.1) is 0 Å². The molecule has 88 valence electrons. The largest absolute Gasteiger partial charge is 0.395 e. The monoisotopic (exact) mass is 218 g/mol. The van der Waals surface area contributed by atoms with E-state index in [4.69, 9.17) is 5.11 Å². The Kier molecular flexibility index (Phi) is 3.34. The first-order chi connectivity index (χ1) is 6.84. The molecular weight excluding hydrogens is 200 g/mol. The number of nitrogens with zero attached hydrogens (tertiary/aromatic N) is 1. The van der Waals surface area contributed by atoms with E-state index < -0.39 is 23.9 Å². The molecule has 15 heavy (non-hydrogen) atoms. The van der Waals surface area contributed by atoms with Crippen LogP contribution in [-0.2, 0) is 4.79 Å². The Bertz CT molecular complexity index is 260. The summed E-state index contributed by atoms with van der Waals surface area (Å²) in [5.41, 5.74) is -1.04. The van der Waals surface area contributed by atoms with Crippen LogP contribution in [0.4, 0.5) is 0 Å². The van der Waals surface area contributed by atoms with Gasteiger partial charge in [-0.3, -0.25) is 9.69 Å². The number of amides is 1. The molecule has 1 amide bonds. The second kappa shape index (κ2) is 4.05. The van der Waals surface area contributed by atoms with Gasteiger partial charge in [-0.05, 0) is 14.0 Å². The highest BCUT2D eigenvalue weighted by atomic mass is 16.3. The molecule has 6 nitrogen and oxygen atoms in total. The number of likely N-dealkylation sites (tertiary alicyclic amines) is 1. The normalized spacial score (nSPS) is 41.9. The van der Waals surface area contributed by atoms with Crippen molar-refractivity contribution in [1.29, 1.82) is 0 Å². The molecule has 4 unspecified atom stereocenters. The average Bonchev–Trinajstić information content (AvgIpc) is 2.28. The maximum Gasteiger partial charge on any atom is 0.218 e. The Morgan fingerprint density at radius 1 is 1.53 bits per heavy atom. The molecule has 0 aromatic carbocycles. The maximum atomic E-state index is 11.0. The molecule has 1 aliphatic rings. The van der Waals surface area contributed by atoms with E-state index in [2.05, 4.69) is 5.32 Å². The first kappa shape index (κ1) is 12.4. The number of likely N-dealkylation sites (N-methyl/N-ethyl adjacent to an activating group) is 1. The molecule has 0 aliphatic carbocycles. The van der Waals surface area contributed by atoms with Gasteiger partial charge in [-0.2, -0.15) is 0 Å². The van der Waals surface area contributed by atoms with Gasteiger partial charge in [0, 0.05) is 6.92 Å². The third-order valence-corrected chi connectivity index (χ3v) is 3.14. The van der Waals surface area contributed by atoms with Crippen molar-refractivity contribution >= 4 is 5.91 Å². The zero-order chi connectivity index (χ0) is 11.8. The van der Waals surface area contributed by atoms with Crippen LogP contribution in [-0.4, -0.2) is 63.7 Å². The second-order valence-corrected chi connectivity index (χ2v) is 4.12. The van der Waals surface area contributed by atoms with E-state index in [1.165, 1.54) is 6.92 Å². The Balaban J connectivity index is 2.94. The van der Waals surface area contributed by atoms with E-state index in [1.807, 2.05) is 0 Å². The van der Waals surface area contributed by atoms with Crippen LogP contribution in [0.1, 0.15) is 13.8 Å². The van der Waals surface area contributed by atoms with Gasteiger partial charge in [0.2, 0.25) is 5.91 Å². The number of hydrogen-bond acceptors (Lipinski definition) is 5. The van der Waals surface area contributed by atoms with Crippen molar-refractivity contribution in [2.45, 2.75) is 37.8 Å². The van der Waals surface area contributed by atoms with E-state index in [1.54, 1.807) is 18.9 Å². The molecule has 0 aromatic rings. The molecule has 1 aliphatic heterocycles. The van der Waals surface area contributed by atoms with Crippen LogP contribution >= 0.6 is 0 Å². The summed E-state index contributed by atoms with van der Waals surface area (Å²) in [4.78, 5) is 12.6. The highest BCUT2D eigenvalue weighted by Crippen LogP contribution is 2.30. The van der Waals surface area contributed by atoms with Gasteiger partial charge >= 0.3 is 0 Å². The molecule has 6 heteroatoms. The summed E-state index contributed by atoms with van der Waals surface area (Å²) in [6.07, 6.45) is -2.19. The molecule has 0 bridgehead atoms. The molecule has 4 atom stereocenters. The third-order valence-electron chi connectivity index (χ3n) is 3.14. The zero-order valence-electron chi connectivity index (χ0n) is 9.14. The van der Waals surface area contributed by atoms with Gasteiger partial charge in [0.25, 0.3) is 0 Å². The smallest absolute Gasteiger partial charge is 0.218 e. The predicted molar refractivity (Wildman–Crippen MR) is 52.9 cm³/mol. The Labute approximate surface area is 88.5 Å². The Hall–Kier alpha value is -0.690. The van der Waals surface area contributed by atoms with E-state index in [9.17, 15) is 15.0 Å². The lowest BCUT2D eigenvalue weighted by Gasteiger charge is -2.36. The first-order valence-corrected chi connectivity index (χ1v) is 4.83. The van der Waals surface area contributed by atoms with Crippen molar-refractivity contribution in [1.82, 2.24) is 10.2 Å². The van der Waals surface area contributed by atoms with Crippen molar-refractivity contribution in [3.63, 3.8) is 0 Å². The predicted octanol–water partition coefficient (Wildman–Crippen LogP) is -2.13. The van der Waals surface area contributed by atoms with E-state index in [0.29, 0.717) is 0 Å². The fraction of sp³-hybridized carbons (Fsp3) is 0.889. The summed E-state index contributed by atoms with van der Waals surface area (Å²) in [5, 5.41) is 31.1. The molecule has 4 N–H and O–H groups in total. The highest BCUT2D eigenvalue weighted by Gasteiger charge is 2.54. The summed E-state index contributed by atoms with van der Waals surface area (Å²) in [5.74, 6) is -0.297. The topological polar surface area (TPSA) is 93.0 Å². The van der Waals surface area contributed by atoms with E-state index in [0.717, 1.165) is 0 Å². The molecule has 1 fully saturated rings. The van der Waals surface area contributed by atoms with Gasteiger partial charge in [0.05, 0.1) is 12.6 Å². The molecule has 1 saturated heterocycles. The van der Waals surface area contributed by atoms with Crippen molar-refractivity contribution < 1.29 is 20.1 Å². The zero-order valence-corrected chi connectivity index (χ0v) is 9.14. The van der Waals surface area contributed by atoms with Crippen LogP contribution in [0.2, 0.25) is 0 Å². The van der Waals surface area contributed by atoms with Crippen molar-refractivity contribution in [3.8, 4) is 0 Å². The SMILES string of the molecule is CC(=O)NC1(C)C(O)C(O)C(CO)N1C. The molecule has 0 radical (unpaired) electrons. The van der Waals surface area contributed by atoms with Crippen LogP contribution in [0.5, 0.6) is 0 Å². The minimum Gasteiger partial charge on any atom is -0.395 e. The van der Waals surface area contributed by atoms with Crippen LogP contribution < -0.4 is 5.32 Å². The molecule has 0 saturated carbocycles. The quantitative estimate of drug-likeness (QED) is 0.425. The lowest BCUT2D eigenvalue weighted by Crippen LogP contribution is -2.60. The lowest BCUT2D eigenvalue weighted by molar-refractivity contribution is -0.125. The fourth-order valence-electron chi connectivity index (χ4n) is 2.07. The van der Waals surface area contributed by atoms with Gasteiger partial charge in [-0.1, -0.05) is 0 Å². The third kappa shape index (κ3) is 1.85. The molecular formula is C9H18N2O4. The summed E-state index contributed by atoms with van der Waals surface area (Å²) in [6.45, 7) is 2.67. The van der Waals surface area contributed by atoms with Crippen LogP contribution in [0.3, 0.4) is 0 Å². The summed E-state index contributed by atoms with van der Waals surface area (Å²) in [6, 6.07) is -0.572. The highest BCUT2D eigenvalue weighted by molar-refractivity contribution is 5.73. The number of rotatable bonds is 2. The average molecular weight is 218 g/mol. The van der Waals surface area contributed by atoms with Gasteiger partial charge in [-0.15, -0.1) is 0 Å². The number of carbonyl (C=O) groups excluding carboxylic acids is 1. The maximum absolute atomic E-state index is 11.0. The fourth-order valence-corrected chi connectivity index (χ4v) is 2.07. The van der Waals surface area contributed by atoms with Crippen molar-refractivity contribution in [2.75, 3.05) is 13.7 Å². The summed E-state index contributed by atoms with van der Waals surface area (Å²) >= 11 is 0. The van der Waals surface area contributed by atoms with Crippen LogP contribution in [0.25, 0.3) is 0 Å². The first-order valence-electron chi connectivity index (χ1n) is 4.83. The van der Waals surface area contributed by atoms with Crippen LogP contribution in [0.15, 0.2) is 0 Å². The number of hydrogen-bond donors (Lipinski definition) is 4. The minimum atomic E-state index is -1.12. The van der Waals surface area contributed by atoms with Gasteiger partial charge < -0.3 is 20.6 Å². The Morgan fingerprint density at radius 3 is 2.40 bits per heavy atom. The van der Waals surface area contributed by atoms with Gasteiger partial charge in [0.15, 0.2) is 0 Å². The Morgan fingerprint density at radius 2 is 2.07 bits per heavy atom. The van der Waals surface area contributed by atoms with E-state index in [-0.39, 0.29) is 12.5 Å². The standard InChI is InChI=1S/C9H18N2O4/c1-5(13)10-9(2)8(15)7(14)6(4-12)11(9)3/h6-8,12,14-15H,4H2,1-3H3,(H,10,13). The minimum absolute atomic E-state index is 0.274.